The van der Waals surface area contributed by atoms with Crippen LogP contribution in [0.25, 0.3) is 0 Å². The lowest BCUT2D eigenvalue weighted by atomic mass is 10.0. The van der Waals surface area contributed by atoms with Gasteiger partial charge in [0, 0.05) is 50.7 Å². The summed E-state index contributed by atoms with van der Waals surface area (Å²) in [6.07, 6.45) is 5.29. The van der Waals surface area contributed by atoms with Gasteiger partial charge in [-0.05, 0) is 36.5 Å². The average Bonchev–Trinajstić information content (AvgIpc) is 3.19. The van der Waals surface area contributed by atoms with E-state index in [1.807, 2.05) is 17.0 Å². The molecule has 1 aromatic carbocycles. The van der Waals surface area contributed by atoms with Gasteiger partial charge in [0.1, 0.15) is 0 Å². The first-order valence-corrected chi connectivity index (χ1v) is 10.4. The molecule has 1 heterocycles. The largest absolute Gasteiger partial charge is 0.353 e. The zero-order valence-electron chi connectivity index (χ0n) is 16.7. The fourth-order valence-corrected chi connectivity index (χ4v) is 4.00. The Balaban J connectivity index is 1.40. The van der Waals surface area contributed by atoms with Gasteiger partial charge in [0.25, 0.3) is 5.91 Å². The highest BCUT2D eigenvalue weighted by Gasteiger charge is 2.23. The number of benzene rings is 1. The molecule has 1 aliphatic carbocycles. The molecule has 0 aromatic heterocycles. The van der Waals surface area contributed by atoms with Gasteiger partial charge in [-0.1, -0.05) is 38.8 Å². The Hall–Kier alpha value is -1.88. The summed E-state index contributed by atoms with van der Waals surface area (Å²) in [6, 6.07) is 8.39. The van der Waals surface area contributed by atoms with Crippen molar-refractivity contribution in [3.8, 4) is 0 Å². The van der Waals surface area contributed by atoms with Crippen molar-refractivity contribution in [1.82, 2.24) is 15.1 Å². The molecular weight excluding hydrogens is 338 g/mol. The Morgan fingerprint density at radius 3 is 2.26 bits per heavy atom. The Morgan fingerprint density at radius 1 is 1.04 bits per heavy atom. The van der Waals surface area contributed by atoms with Gasteiger partial charge in [0.05, 0.1) is 0 Å². The van der Waals surface area contributed by atoms with Gasteiger partial charge in [-0.25, -0.2) is 0 Å². The number of carbonyl (C=O) groups excluding carboxylic acids is 2. The van der Waals surface area contributed by atoms with Gasteiger partial charge in [0.15, 0.2) is 0 Å². The number of nitrogens with one attached hydrogen (secondary N) is 1. The smallest absolute Gasteiger partial charge is 0.253 e. The summed E-state index contributed by atoms with van der Waals surface area (Å²) in [5, 5.41) is 3.15. The fourth-order valence-electron chi connectivity index (χ4n) is 4.00. The van der Waals surface area contributed by atoms with Crippen LogP contribution in [0.2, 0.25) is 0 Å². The number of nitrogens with zero attached hydrogens (tertiary/aromatic N) is 2. The molecule has 3 rings (SSSR count). The van der Waals surface area contributed by atoms with Crippen molar-refractivity contribution in [3.63, 3.8) is 0 Å². The number of hydrogen-bond acceptors (Lipinski definition) is 3. The molecular formula is C22H33N3O2. The van der Waals surface area contributed by atoms with Gasteiger partial charge in [0.2, 0.25) is 5.91 Å². The van der Waals surface area contributed by atoms with Crippen molar-refractivity contribution in [3.05, 3.63) is 35.4 Å². The average molecular weight is 372 g/mol. The van der Waals surface area contributed by atoms with Crippen LogP contribution in [0.4, 0.5) is 0 Å². The molecule has 0 spiro atoms. The molecule has 0 unspecified atom stereocenters. The number of hydrogen-bond donors (Lipinski definition) is 1. The van der Waals surface area contributed by atoms with Crippen LogP contribution < -0.4 is 5.32 Å². The molecule has 0 bridgehead atoms. The first-order valence-electron chi connectivity index (χ1n) is 10.4. The molecule has 1 saturated carbocycles. The van der Waals surface area contributed by atoms with Gasteiger partial charge < -0.3 is 10.2 Å². The van der Waals surface area contributed by atoms with E-state index in [1.54, 1.807) is 0 Å². The third-order valence-corrected chi connectivity index (χ3v) is 5.86. The van der Waals surface area contributed by atoms with Gasteiger partial charge in [-0.3, -0.25) is 14.5 Å². The number of amides is 2. The highest BCUT2D eigenvalue weighted by atomic mass is 16.2. The second-order valence-electron chi connectivity index (χ2n) is 8.21. The van der Waals surface area contributed by atoms with Crippen LogP contribution in [-0.2, 0) is 4.79 Å². The monoisotopic (exact) mass is 371 g/mol. The van der Waals surface area contributed by atoms with Crippen molar-refractivity contribution in [2.24, 2.45) is 0 Å². The Kier molecular flexibility index (Phi) is 6.89. The SMILES string of the molecule is CC(C)c1ccc(C(=O)N2CCN(CCC(=O)NC3CCCC3)CC2)cc1. The minimum atomic E-state index is 0.115. The van der Waals surface area contributed by atoms with Crippen LogP contribution in [-0.4, -0.2) is 60.4 Å². The Morgan fingerprint density at radius 2 is 1.67 bits per heavy atom. The van der Waals surface area contributed by atoms with E-state index in [-0.39, 0.29) is 11.8 Å². The summed E-state index contributed by atoms with van der Waals surface area (Å²) in [5.41, 5.74) is 2.02. The highest BCUT2D eigenvalue weighted by molar-refractivity contribution is 5.94. The van der Waals surface area contributed by atoms with E-state index in [2.05, 4.69) is 36.2 Å². The molecule has 2 fully saturated rings. The van der Waals surface area contributed by atoms with Crippen LogP contribution in [0.3, 0.4) is 0 Å². The zero-order chi connectivity index (χ0) is 19.2. The fraction of sp³-hybridized carbons (Fsp3) is 0.636. The normalized spacial score (nSPS) is 18.9. The van der Waals surface area contributed by atoms with E-state index in [9.17, 15) is 9.59 Å². The number of carbonyl (C=O) groups is 2. The first kappa shape index (κ1) is 19.9. The molecule has 2 amide bonds. The summed E-state index contributed by atoms with van der Waals surface area (Å²) >= 11 is 0. The molecule has 1 aromatic rings. The van der Waals surface area contributed by atoms with E-state index in [0.29, 0.717) is 18.4 Å². The topological polar surface area (TPSA) is 52.7 Å². The maximum Gasteiger partial charge on any atom is 0.253 e. The quantitative estimate of drug-likeness (QED) is 0.836. The maximum atomic E-state index is 12.7. The van der Waals surface area contributed by atoms with Crippen molar-refractivity contribution in [2.75, 3.05) is 32.7 Å². The lowest BCUT2D eigenvalue weighted by molar-refractivity contribution is -0.122. The van der Waals surface area contributed by atoms with Crippen molar-refractivity contribution in [2.45, 2.75) is 57.9 Å². The molecule has 27 heavy (non-hydrogen) atoms. The molecule has 5 nitrogen and oxygen atoms in total. The maximum absolute atomic E-state index is 12.7. The molecule has 0 atom stereocenters. The Bertz CT molecular complexity index is 627. The zero-order valence-corrected chi connectivity index (χ0v) is 16.7. The molecule has 148 valence electrons. The summed E-state index contributed by atoms with van der Waals surface area (Å²) in [6.45, 7) is 8.24. The van der Waals surface area contributed by atoms with Crippen molar-refractivity contribution >= 4 is 11.8 Å². The van der Waals surface area contributed by atoms with Crippen molar-refractivity contribution < 1.29 is 9.59 Å². The van der Waals surface area contributed by atoms with Crippen LogP contribution in [0.5, 0.6) is 0 Å². The molecule has 1 aliphatic heterocycles. The van der Waals surface area contributed by atoms with Crippen LogP contribution in [0.1, 0.15) is 67.8 Å². The second kappa shape index (κ2) is 9.36. The molecule has 1 N–H and O–H groups in total. The van der Waals surface area contributed by atoms with Gasteiger partial charge in [-0.2, -0.15) is 0 Å². The third-order valence-electron chi connectivity index (χ3n) is 5.86. The van der Waals surface area contributed by atoms with Gasteiger partial charge >= 0.3 is 0 Å². The predicted octanol–water partition coefficient (Wildman–Crippen LogP) is 3.02. The highest BCUT2D eigenvalue weighted by Crippen LogP contribution is 2.18. The first-order chi connectivity index (χ1) is 13.0. The molecule has 0 radical (unpaired) electrons. The summed E-state index contributed by atoms with van der Waals surface area (Å²) < 4.78 is 0. The van der Waals surface area contributed by atoms with E-state index in [4.69, 9.17) is 0 Å². The van der Waals surface area contributed by atoms with Gasteiger partial charge in [-0.15, -0.1) is 0 Å². The summed E-state index contributed by atoms with van der Waals surface area (Å²) in [4.78, 5) is 29.0. The van der Waals surface area contributed by atoms with E-state index >= 15 is 0 Å². The third kappa shape index (κ3) is 5.55. The summed E-state index contributed by atoms with van der Waals surface area (Å²) in [5.74, 6) is 0.762. The number of piperazine rings is 1. The van der Waals surface area contributed by atoms with E-state index in [1.165, 1.54) is 18.4 Å². The van der Waals surface area contributed by atoms with Crippen LogP contribution >= 0.6 is 0 Å². The van der Waals surface area contributed by atoms with E-state index in [0.717, 1.165) is 51.1 Å². The lowest BCUT2D eigenvalue weighted by Gasteiger charge is -2.34. The van der Waals surface area contributed by atoms with E-state index < -0.39 is 0 Å². The summed E-state index contributed by atoms with van der Waals surface area (Å²) in [7, 11) is 0. The molecule has 1 saturated heterocycles. The minimum absolute atomic E-state index is 0.115. The molecule has 5 heteroatoms. The number of rotatable bonds is 6. The minimum Gasteiger partial charge on any atom is -0.353 e. The van der Waals surface area contributed by atoms with Crippen LogP contribution in [0.15, 0.2) is 24.3 Å². The molecule has 2 aliphatic rings. The Labute approximate surface area is 163 Å². The second-order valence-corrected chi connectivity index (χ2v) is 8.21. The standard InChI is InChI=1S/C22H33N3O2/c1-17(2)18-7-9-19(10-8-18)22(27)25-15-13-24(14-16-25)12-11-21(26)23-20-5-3-4-6-20/h7-10,17,20H,3-6,11-16H2,1-2H3,(H,23,26). The van der Waals surface area contributed by atoms with Crippen LogP contribution in [0, 0.1) is 0 Å². The predicted molar refractivity (Wildman–Crippen MR) is 108 cm³/mol. The van der Waals surface area contributed by atoms with Crippen molar-refractivity contribution in [1.29, 1.82) is 0 Å². The lowest BCUT2D eigenvalue weighted by Crippen LogP contribution is -2.49.